The lowest BCUT2D eigenvalue weighted by Gasteiger charge is -1.92. The van der Waals surface area contributed by atoms with Crippen molar-refractivity contribution < 1.29 is 0 Å². The van der Waals surface area contributed by atoms with E-state index in [0.29, 0.717) is 0 Å². The molecular formula is C8H13N3O. The molecule has 1 aromatic rings. The average molecular weight is 167 g/mol. The molecule has 1 rings (SSSR count). The maximum absolute atomic E-state index is 11.4. The van der Waals surface area contributed by atoms with Gasteiger partial charge in [0.05, 0.1) is 0 Å². The van der Waals surface area contributed by atoms with Gasteiger partial charge in [0.25, 0.3) is 0 Å². The first-order chi connectivity index (χ1) is 5.79. The molecule has 4 heteroatoms. The van der Waals surface area contributed by atoms with Gasteiger partial charge in [0.15, 0.2) is 0 Å². The molecule has 0 bridgehead atoms. The van der Waals surface area contributed by atoms with Gasteiger partial charge < -0.3 is 0 Å². The third kappa shape index (κ3) is 1.64. The molecule has 0 saturated carbocycles. The molecule has 0 unspecified atom stereocenters. The van der Waals surface area contributed by atoms with Crippen LogP contribution in [0.5, 0.6) is 0 Å². The van der Waals surface area contributed by atoms with Crippen LogP contribution in [0.15, 0.2) is 17.2 Å². The van der Waals surface area contributed by atoms with Crippen LogP contribution in [-0.2, 0) is 6.54 Å². The number of aromatic nitrogens is 3. The van der Waals surface area contributed by atoms with Crippen molar-refractivity contribution in [3.63, 3.8) is 0 Å². The molecule has 0 saturated heterocycles. The SMILES string of the molecule is C/C=C\n1ncn(CCC)c1=O. The molecule has 0 aliphatic carbocycles. The number of allylic oxidation sites excluding steroid dienone is 1. The standard InChI is InChI=1S/C8H13N3O/c1-3-5-10-7-9-11(6-4-2)8(10)12/h4,6-7H,3,5H2,1-2H3/b6-4-. The molecule has 0 aliphatic heterocycles. The molecule has 4 nitrogen and oxygen atoms in total. The molecule has 0 aromatic carbocycles. The Kier molecular flexibility index (Phi) is 2.85. The smallest absolute Gasteiger partial charge is 0.281 e. The lowest BCUT2D eigenvalue weighted by atomic mass is 10.5. The third-order valence-corrected chi connectivity index (χ3v) is 1.51. The first-order valence-electron chi connectivity index (χ1n) is 4.06. The van der Waals surface area contributed by atoms with Crippen molar-refractivity contribution in [1.82, 2.24) is 14.3 Å². The van der Waals surface area contributed by atoms with Crippen molar-refractivity contribution in [2.75, 3.05) is 0 Å². The summed E-state index contributed by atoms with van der Waals surface area (Å²) in [4.78, 5) is 11.4. The molecule has 0 aliphatic rings. The Morgan fingerprint density at radius 2 is 2.42 bits per heavy atom. The molecule has 66 valence electrons. The van der Waals surface area contributed by atoms with Crippen molar-refractivity contribution in [2.45, 2.75) is 26.8 Å². The van der Waals surface area contributed by atoms with Crippen LogP contribution in [0, 0.1) is 0 Å². The van der Waals surface area contributed by atoms with E-state index in [1.54, 1.807) is 23.2 Å². The molecule has 12 heavy (non-hydrogen) atoms. The quantitative estimate of drug-likeness (QED) is 0.672. The number of hydrogen-bond acceptors (Lipinski definition) is 2. The van der Waals surface area contributed by atoms with Crippen LogP contribution in [0.1, 0.15) is 20.3 Å². The van der Waals surface area contributed by atoms with Gasteiger partial charge in [-0.25, -0.2) is 4.79 Å². The second-order valence-corrected chi connectivity index (χ2v) is 2.53. The Balaban J connectivity index is 2.97. The Morgan fingerprint density at radius 1 is 1.67 bits per heavy atom. The molecule has 0 fully saturated rings. The highest BCUT2D eigenvalue weighted by Crippen LogP contribution is 1.84. The van der Waals surface area contributed by atoms with Crippen LogP contribution in [0.25, 0.3) is 6.20 Å². The van der Waals surface area contributed by atoms with Gasteiger partial charge in [0.2, 0.25) is 0 Å². The van der Waals surface area contributed by atoms with E-state index >= 15 is 0 Å². The summed E-state index contributed by atoms with van der Waals surface area (Å²) in [7, 11) is 0. The van der Waals surface area contributed by atoms with E-state index < -0.39 is 0 Å². The monoisotopic (exact) mass is 167 g/mol. The van der Waals surface area contributed by atoms with Crippen LogP contribution in [0.4, 0.5) is 0 Å². The molecular weight excluding hydrogens is 154 g/mol. The highest BCUT2D eigenvalue weighted by Gasteiger charge is 1.99. The summed E-state index contributed by atoms with van der Waals surface area (Å²) in [5.74, 6) is 0. The third-order valence-electron chi connectivity index (χ3n) is 1.51. The van der Waals surface area contributed by atoms with Crippen molar-refractivity contribution in [1.29, 1.82) is 0 Å². The maximum Gasteiger partial charge on any atom is 0.349 e. The summed E-state index contributed by atoms with van der Waals surface area (Å²) in [5, 5.41) is 3.90. The predicted molar refractivity (Wildman–Crippen MR) is 47.8 cm³/mol. The number of rotatable bonds is 3. The van der Waals surface area contributed by atoms with E-state index in [4.69, 9.17) is 0 Å². The van der Waals surface area contributed by atoms with E-state index in [9.17, 15) is 4.79 Å². The van der Waals surface area contributed by atoms with E-state index in [1.165, 1.54) is 4.68 Å². The van der Waals surface area contributed by atoms with Gasteiger partial charge in [-0.2, -0.15) is 9.78 Å². The van der Waals surface area contributed by atoms with Gasteiger partial charge in [-0.15, -0.1) is 0 Å². The predicted octanol–water partition coefficient (Wildman–Crippen LogP) is 0.945. The van der Waals surface area contributed by atoms with Crippen LogP contribution < -0.4 is 5.69 Å². The highest BCUT2D eigenvalue weighted by atomic mass is 16.2. The molecule has 0 atom stereocenters. The highest BCUT2D eigenvalue weighted by molar-refractivity contribution is 5.16. The lowest BCUT2D eigenvalue weighted by molar-refractivity contribution is 0.650. The van der Waals surface area contributed by atoms with Crippen molar-refractivity contribution >= 4 is 6.20 Å². The van der Waals surface area contributed by atoms with Gasteiger partial charge >= 0.3 is 5.69 Å². The van der Waals surface area contributed by atoms with Gasteiger partial charge in [-0.05, 0) is 13.3 Å². The minimum absolute atomic E-state index is 0.0741. The fourth-order valence-electron chi connectivity index (χ4n) is 0.986. The fraction of sp³-hybridized carbons (Fsp3) is 0.500. The Bertz CT molecular complexity index is 321. The summed E-state index contributed by atoms with van der Waals surface area (Å²) in [6.45, 7) is 4.61. The summed E-state index contributed by atoms with van der Waals surface area (Å²) < 4.78 is 2.93. The molecule has 0 amide bonds. The molecule has 0 radical (unpaired) electrons. The summed E-state index contributed by atoms with van der Waals surface area (Å²) in [5.41, 5.74) is -0.0741. The fourth-order valence-corrected chi connectivity index (χ4v) is 0.986. The average Bonchev–Trinajstić information content (AvgIpc) is 2.38. The first kappa shape index (κ1) is 8.77. The van der Waals surface area contributed by atoms with Crippen LogP contribution in [0.2, 0.25) is 0 Å². The second kappa shape index (κ2) is 3.90. The van der Waals surface area contributed by atoms with Crippen molar-refractivity contribution in [2.24, 2.45) is 0 Å². The van der Waals surface area contributed by atoms with E-state index in [1.807, 2.05) is 13.8 Å². The van der Waals surface area contributed by atoms with E-state index in [0.717, 1.165) is 13.0 Å². The normalized spacial score (nSPS) is 11.2. The Labute approximate surface area is 71.1 Å². The minimum atomic E-state index is -0.0741. The van der Waals surface area contributed by atoms with E-state index in [-0.39, 0.29) is 5.69 Å². The number of hydrogen-bond donors (Lipinski definition) is 0. The zero-order valence-electron chi connectivity index (χ0n) is 7.40. The van der Waals surface area contributed by atoms with Crippen molar-refractivity contribution in [3.05, 3.63) is 22.9 Å². The van der Waals surface area contributed by atoms with Crippen LogP contribution in [-0.4, -0.2) is 14.3 Å². The van der Waals surface area contributed by atoms with Crippen LogP contribution in [0.3, 0.4) is 0 Å². The number of nitrogens with zero attached hydrogens (tertiary/aromatic N) is 3. The van der Waals surface area contributed by atoms with E-state index in [2.05, 4.69) is 5.10 Å². The zero-order chi connectivity index (χ0) is 8.97. The zero-order valence-corrected chi connectivity index (χ0v) is 7.40. The summed E-state index contributed by atoms with van der Waals surface area (Å²) in [6.07, 6.45) is 5.94. The second-order valence-electron chi connectivity index (χ2n) is 2.53. The van der Waals surface area contributed by atoms with Gasteiger partial charge in [-0.1, -0.05) is 13.0 Å². The largest absolute Gasteiger partial charge is 0.349 e. The van der Waals surface area contributed by atoms with Gasteiger partial charge in [-0.3, -0.25) is 4.57 Å². The molecule has 1 heterocycles. The Morgan fingerprint density at radius 3 is 3.00 bits per heavy atom. The molecule has 1 aromatic heterocycles. The first-order valence-corrected chi connectivity index (χ1v) is 4.06. The van der Waals surface area contributed by atoms with Crippen molar-refractivity contribution in [3.8, 4) is 0 Å². The lowest BCUT2D eigenvalue weighted by Crippen LogP contribution is -2.21. The minimum Gasteiger partial charge on any atom is -0.281 e. The van der Waals surface area contributed by atoms with Crippen LogP contribution >= 0.6 is 0 Å². The summed E-state index contributed by atoms with van der Waals surface area (Å²) >= 11 is 0. The Hall–Kier alpha value is -1.32. The maximum atomic E-state index is 11.4. The van der Waals surface area contributed by atoms with Gasteiger partial charge in [0.1, 0.15) is 6.33 Å². The summed E-state index contributed by atoms with van der Waals surface area (Å²) in [6, 6.07) is 0. The number of aryl methyl sites for hydroxylation is 1. The van der Waals surface area contributed by atoms with Gasteiger partial charge in [0, 0.05) is 12.7 Å². The topological polar surface area (TPSA) is 39.8 Å². The molecule has 0 N–H and O–H groups in total. The molecule has 0 spiro atoms.